The third-order valence-electron chi connectivity index (χ3n) is 4.11. The van der Waals surface area contributed by atoms with Crippen LogP contribution in [0.25, 0.3) is 16.7 Å². The lowest BCUT2D eigenvalue weighted by Gasteiger charge is -2.07. The standard InChI is InChI=1S/C18H16S/c1-12-6-7-15-14-4-2-3-5-16(14)18(17(15)10-12)13-8-9-19-11-13/h2-7,10H,8-9,11H2,1H3. The Labute approximate surface area is 118 Å². The maximum absolute atomic E-state index is 2.36. The number of rotatable bonds is 0. The third kappa shape index (κ3) is 1.68. The Morgan fingerprint density at radius 1 is 0.895 bits per heavy atom. The first-order valence-corrected chi connectivity index (χ1v) is 8.00. The Kier molecular flexibility index (Phi) is 2.56. The maximum atomic E-state index is 2.36. The lowest BCUT2D eigenvalue weighted by molar-refractivity contribution is 1.17. The zero-order valence-electron chi connectivity index (χ0n) is 11.1. The van der Waals surface area contributed by atoms with E-state index in [1.54, 1.807) is 5.57 Å². The van der Waals surface area contributed by atoms with Crippen molar-refractivity contribution in [3.63, 3.8) is 0 Å². The molecule has 0 unspecified atom stereocenters. The van der Waals surface area contributed by atoms with Gasteiger partial charge in [-0.25, -0.2) is 0 Å². The van der Waals surface area contributed by atoms with Crippen LogP contribution in [0.3, 0.4) is 0 Å². The van der Waals surface area contributed by atoms with Gasteiger partial charge in [-0.15, -0.1) is 0 Å². The summed E-state index contributed by atoms with van der Waals surface area (Å²) in [5, 5.41) is 0. The second-order valence-electron chi connectivity index (χ2n) is 5.38. The highest BCUT2D eigenvalue weighted by atomic mass is 32.2. The second-order valence-corrected chi connectivity index (χ2v) is 6.48. The fourth-order valence-electron chi connectivity index (χ4n) is 3.22. The number of fused-ring (bicyclic) bond motifs is 3. The topological polar surface area (TPSA) is 0 Å². The summed E-state index contributed by atoms with van der Waals surface area (Å²) in [7, 11) is 0. The molecule has 19 heavy (non-hydrogen) atoms. The third-order valence-corrected chi connectivity index (χ3v) is 5.15. The molecule has 4 rings (SSSR count). The van der Waals surface area contributed by atoms with Gasteiger partial charge >= 0.3 is 0 Å². The molecule has 0 N–H and O–H groups in total. The Morgan fingerprint density at radius 3 is 2.47 bits per heavy atom. The fourth-order valence-corrected chi connectivity index (χ4v) is 4.29. The minimum absolute atomic E-state index is 1.21. The summed E-state index contributed by atoms with van der Waals surface area (Å²) in [6.45, 7) is 2.19. The van der Waals surface area contributed by atoms with Crippen LogP contribution in [-0.4, -0.2) is 11.5 Å². The molecule has 1 saturated heterocycles. The molecule has 1 fully saturated rings. The molecular formula is C18H16S. The highest BCUT2D eigenvalue weighted by molar-refractivity contribution is 7.99. The van der Waals surface area contributed by atoms with Gasteiger partial charge in [0, 0.05) is 5.75 Å². The van der Waals surface area contributed by atoms with Gasteiger partial charge in [0.1, 0.15) is 0 Å². The van der Waals surface area contributed by atoms with Crippen molar-refractivity contribution in [1.82, 2.24) is 0 Å². The summed E-state index contributed by atoms with van der Waals surface area (Å²) in [5.74, 6) is 2.49. The predicted molar refractivity (Wildman–Crippen MR) is 84.6 cm³/mol. The molecule has 0 aromatic heterocycles. The molecule has 0 spiro atoms. The van der Waals surface area contributed by atoms with Crippen LogP contribution in [0.15, 0.2) is 48.0 Å². The molecule has 2 aromatic rings. The van der Waals surface area contributed by atoms with Gasteiger partial charge in [0.05, 0.1) is 0 Å². The van der Waals surface area contributed by atoms with Gasteiger partial charge in [0.25, 0.3) is 0 Å². The van der Waals surface area contributed by atoms with Gasteiger partial charge in [-0.3, -0.25) is 0 Å². The van der Waals surface area contributed by atoms with Crippen LogP contribution in [0, 0.1) is 6.92 Å². The van der Waals surface area contributed by atoms with E-state index in [4.69, 9.17) is 0 Å². The van der Waals surface area contributed by atoms with Crippen LogP contribution in [0.2, 0.25) is 0 Å². The zero-order chi connectivity index (χ0) is 12.8. The first-order chi connectivity index (χ1) is 9.34. The number of thioether (sulfide) groups is 1. The van der Waals surface area contributed by atoms with Crippen molar-refractivity contribution in [3.8, 4) is 11.1 Å². The first kappa shape index (κ1) is 11.4. The molecule has 0 saturated carbocycles. The highest BCUT2D eigenvalue weighted by Gasteiger charge is 2.26. The van der Waals surface area contributed by atoms with Crippen LogP contribution in [0.4, 0.5) is 0 Å². The number of aryl methyl sites for hydroxylation is 1. The van der Waals surface area contributed by atoms with Crippen molar-refractivity contribution >= 4 is 17.3 Å². The van der Waals surface area contributed by atoms with E-state index in [-0.39, 0.29) is 0 Å². The van der Waals surface area contributed by atoms with Gasteiger partial charge < -0.3 is 0 Å². The molecule has 0 atom stereocenters. The summed E-state index contributed by atoms with van der Waals surface area (Å²) in [4.78, 5) is 0. The van der Waals surface area contributed by atoms with Crippen molar-refractivity contribution < 1.29 is 0 Å². The smallest absolute Gasteiger partial charge is 0.0153 e. The minimum atomic E-state index is 1.21. The van der Waals surface area contributed by atoms with E-state index < -0.39 is 0 Å². The van der Waals surface area contributed by atoms with E-state index >= 15 is 0 Å². The highest BCUT2D eigenvalue weighted by Crippen LogP contribution is 2.47. The monoisotopic (exact) mass is 264 g/mol. The SMILES string of the molecule is Cc1ccc2c(c1)C(=C1CCSC1)c1ccccc1-2. The van der Waals surface area contributed by atoms with Crippen LogP contribution in [0.1, 0.15) is 23.1 Å². The lowest BCUT2D eigenvalue weighted by Crippen LogP contribution is -1.90. The van der Waals surface area contributed by atoms with E-state index in [0.717, 1.165) is 0 Å². The van der Waals surface area contributed by atoms with Crippen LogP contribution in [-0.2, 0) is 0 Å². The molecule has 1 heteroatoms. The molecule has 94 valence electrons. The summed E-state index contributed by atoms with van der Waals surface area (Å²) in [6, 6.07) is 15.8. The van der Waals surface area contributed by atoms with Crippen molar-refractivity contribution in [2.45, 2.75) is 13.3 Å². The van der Waals surface area contributed by atoms with Crippen molar-refractivity contribution in [3.05, 3.63) is 64.7 Å². The number of benzene rings is 2. The van der Waals surface area contributed by atoms with E-state index in [9.17, 15) is 0 Å². The van der Waals surface area contributed by atoms with E-state index in [2.05, 4.69) is 61.2 Å². The molecule has 2 aromatic carbocycles. The van der Waals surface area contributed by atoms with Crippen LogP contribution >= 0.6 is 11.8 Å². The molecule has 1 aliphatic carbocycles. The molecule has 1 aliphatic heterocycles. The van der Waals surface area contributed by atoms with E-state index in [1.807, 2.05) is 0 Å². The van der Waals surface area contributed by atoms with Crippen LogP contribution < -0.4 is 0 Å². The zero-order valence-corrected chi connectivity index (χ0v) is 11.9. The van der Waals surface area contributed by atoms with Gasteiger partial charge in [0.15, 0.2) is 0 Å². The minimum Gasteiger partial charge on any atom is -0.157 e. The summed E-state index contributed by atoms with van der Waals surface area (Å²) in [6.07, 6.45) is 1.25. The van der Waals surface area contributed by atoms with E-state index in [1.165, 1.54) is 51.3 Å². The summed E-state index contributed by atoms with van der Waals surface area (Å²) < 4.78 is 0. The number of hydrogen-bond donors (Lipinski definition) is 0. The fraction of sp³-hybridized carbons (Fsp3) is 0.222. The Morgan fingerprint density at radius 2 is 1.68 bits per heavy atom. The Balaban J connectivity index is 2.06. The molecule has 0 radical (unpaired) electrons. The van der Waals surface area contributed by atoms with Crippen molar-refractivity contribution in [2.24, 2.45) is 0 Å². The van der Waals surface area contributed by atoms with E-state index in [0.29, 0.717) is 0 Å². The quantitative estimate of drug-likeness (QED) is 0.555. The average molecular weight is 264 g/mol. The summed E-state index contributed by atoms with van der Waals surface area (Å²) >= 11 is 2.06. The lowest BCUT2D eigenvalue weighted by atomic mass is 9.96. The summed E-state index contributed by atoms with van der Waals surface area (Å²) in [5.41, 5.74) is 10.3. The number of hydrogen-bond acceptors (Lipinski definition) is 1. The molecule has 2 aliphatic rings. The van der Waals surface area contributed by atoms with Crippen molar-refractivity contribution in [2.75, 3.05) is 11.5 Å². The largest absolute Gasteiger partial charge is 0.157 e. The normalized spacial score (nSPS) is 20.5. The Bertz CT molecular complexity index is 687. The van der Waals surface area contributed by atoms with Crippen LogP contribution in [0.5, 0.6) is 0 Å². The second kappa shape index (κ2) is 4.28. The Hall–Kier alpha value is -1.47. The van der Waals surface area contributed by atoms with Gasteiger partial charge in [0.2, 0.25) is 0 Å². The molecule has 0 amide bonds. The van der Waals surface area contributed by atoms with Gasteiger partial charge in [-0.2, -0.15) is 11.8 Å². The van der Waals surface area contributed by atoms with Gasteiger partial charge in [-0.05, 0) is 46.9 Å². The molecule has 0 bridgehead atoms. The average Bonchev–Trinajstić information content (AvgIpc) is 3.03. The first-order valence-electron chi connectivity index (χ1n) is 6.85. The molecule has 0 nitrogen and oxygen atoms in total. The maximum Gasteiger partial charge on any atom is 0.0153 e. The molecular weight excluding hydrogens is 248 g/mol. The predicted octanol–water partition coefficient (Wildman–Crippen LogP) is 4.91. The van der Waals surface area contributed by atoms with Crippen molar-refractivity contribution in [1.29, 1.82) is 0 Å². The van der Waals surface area contributed by atoms with Gasteiger partial charge in [-0.1, -0.05) is 53.6 Å². The molecule has 1 heterocycles.